The van der Waals surface area contributed by atoms with Crippen LogP contribution in [0.2, 0.25) is 0 Å². The minimum Gasteiger partial charge on any atom is -0.295 e. The van der Waals surface area contributed by atoms with Crippen molar-refractivity contribution in [3.05, 3.63) is 70.7 Å². The van der Waals surface area contributed by atoms with E-state index < -0.39 is 0 Å². The highest BCUT2D eigenvalue weighted by molar-refractivity contribution is 5.79. The summed E-state index contributed by atoms with van der Waals surface area (Å²) in [6.45, 7) is 9.68. The Labute approximate surface area is 243 Å². The first-order valence-corrected chi connectivity index (χ1v) is 15.6. The number of H-pyrrole nitrogens is 1. The van der Waals surface area contributed by atoms with Crippen LogP contribution in [0, 0.1) is 17.8 Å². The molecule has 218 valence electrons. The van der Waals surface area contributed by atoms with Crippen molar-refractivity contribution in [1.82, 2.24) is 34.7 Å². The number of aryl methyl sites for hydroxylation is 1. The summed E-state index contributed by atoms with van der Waals surface area (Å²) in [4.78, 5) is 19.1. The Balaban J connectivity index is 1.48. The van der Waals surface area contributed by atoms with Crippen LogP contribution in [0.1, 0.15) is 96.5 Å². The second kappa shape index (κ2) is 13.4. The van der Waals surface area contributed by atoms with Crippen LogP contribution in [0.5, 0.6) is 0 Å². The van der Waals surface area contributed by atoms with E-state index in [0.29, 0.717) is 30.1 Å². The van der Waals surface area contributed by atoms with E-state index in [-0.39, 0.29) is 11.7 Å². The van der Waals surface area contributed by atoms with Gasteiger partial charge in [-0.3, -0.25) is 14.1 Å². The van der Waals surface area contributed by atoms with E-state index in [1.54, 1.807) is 0 Å². The molecule has 5 rings (SSSR count). The lowest BCUT2D eigenvalue weighted by molar-refractivity contribution is 0.138. The van der Waals surface area contributed by atoms with Gasteiger partial charge in [0.15, 0.2) is 5.82 Å². The molecule has 0 saturated heterocycles. The Bertz CT molecular complexity index is 1440. The van der Waals surface area contributed by atoms with Gasteiger partial charge in [0.2, 0.25) is 0 Å². The van der Waals surface area contributed by atoms with E-state index in [4.69, 9.17) is 4.98 Å². The largest absolute Gasteiger partial charge is 0.328 e. The molecule has 3 unspecified atom stereocenters. The van der Waals surface area contributed by atoms with Crippen LogP contribution < -0.4 is 5.69 Å². The molecule has 3 atom stereocenters. The molecule has 1 aromatic carbocycles. The van der Waals surface area contributed by atoms with Crippen LogP contribution in [0.15, 0.2) is 53.6 Å². The topological polar surface area (TPSA) is 94.3 Å². The first-order valence-electron chi connectivity index (χ1n) is 15.6. The minimum atomic E-state index is 0.125. The van der Waals surface area contributed by atoms with Gasteiger partial charge in [0.1, 0.15) is 0 Å². The Hall–Kier alpha value is -3.55. The number of imidazole rings is 1. The van der Waals surface area contributed by atoms with Crippen LogP contribution in [0.3, 0.4) is 0 Å². The third-order valence-corrected chi connectivity index (χ3v) is 9.09. The van der Waals surface area contributed by atoms with Crippen LogP contribution in [0.25, 0.3) is 22.5 Å². The summed E-state index contributed by atoms with van der Waals surface area (Å²) in [5.74, 6) is 2.22. The van der Waals surface area contributed by atoms with E-state index in [1.807, 2.05) is 41.1 Å². The number of rotatable bonds is 10. The van der Waals surface area contributed by atoms with Gasteiger partial charge in [-0.05, 0) is 65.5 Å². The average molecular weight is 556 g/mol. The van der Waals surface area contributed by atoms with Gasteiger partial charge in [0, 0.05) is 35.3 Å². The number of nitrogens with one attached hydrogen (secondary N) is 1. The SMILES string of the molecule is CCCCc1cn(C2C(CC)CCCCCC2C(C)C)c(=O)n1Cc1ccc(-c2ccccc2-c2nnn[nH]2)cn1. The fraction of sp³-hybridized carbons (Fsp3) is 0.545. The number of aromatic amines is 1. The van der Waals surface area contributed by atoms with Crippen molar-refractivity contribution >= 4 is 0 Å². The van der Waals surface area contributed by atoms with Crippen LogP contribution >= 0.6 is 0 Å². The fourth-order valence-corrected chi connectivity index (χ4v) is 6.80. The molecule has 8 nitrogen and oxygen atoms in total. The summed E-state index contributed by atoms with van der Waals surface area (Å²) in [5.41, 5.74) is 5.05. The minimum absolute atomic E-state index is 0.125. The molecular formula is C33H45N7O. The van der Waals surface area contributed by atoms with Gasteiger partial charge >= 0.3 is 5.69 Å². The smallest absolute Gasteiger partial charge is 0.295 e. The molecule has 8 heteroatoms. The monoisotopic (exact) mass is 555 g/mol. The third-order valence-electron chi connectivity index (χ3n) is 9.09. The van der Waals surface area contributed by atoms with Crippen molar-refractivity contribution in [2.75, 3.05) is 0 Å². The van der Waals surface area contributed by atoms with E-state index in [9.17, 15) is 4.79 Å². The van der Waals surface area contributed by atoms with E-state index >= 15 is 0 Å². The standard InChI is InChI=1S/C33H45N7O/c1-5-7-14-27-22-40(31-24(6-2)13-9-8-10-15-28(31)23(3)4)33(41)39(27)21-26-19-18-25(20-34-26)29-16-11-12-17-30(29)32-35-37-38-36-32/h11-12,16-20,22-24,28,31H,5-10,13-15,21H2,1-4H3,(H,35,36,37,38). The Kier molecular flexibility index (Phi) is 9.47. The first-order chi connectivity index (χ1) is 20.0. The number of tetrazole rings is 1. The lowest BCUT2D eigenvalue weighted by Crippen LogP contribution is -2.37. The highest BCUT2D eigenvalue weighted by atomic mass is 16.1. The van der Waals surface area contributed by atoms with Crippen molar-refractivity contribution in [2.45, 2.75) is 98.1 Å². The predicted octanol–water partition coefficient (Wildman–Crippen LogP) is 7.09. The maximum absolute atomic E-state index is 14.2. The van der Waals surface area contributed by atoms with Gasteiger partial charge < -0.3 is 0 Å². The number of pyridine rings is 1. The van der Waals surface area contributed by atoms with Gasteiger partial charge in [-0.1, -0.05) is 90.1 Å². The van der Waals surface area contributed by atoms with Crippen molar-refractivity contribution < 1.29 is 0 Å². The molecular weight excluding hydrogens is 510 g/mol. The number of benzene rings is 1. The van der Waals surface area contributed by atoms with Crippen LogP contribution in [-0.4, -0.2) is 34.7 Å². The average Bonchev–Trinajstić information content (AvgIpc) is 3.61. The molecule has 0 aliphatic heterocycles. The lowest BCUT2D eigenvalue weighted by Gasteiger charge is -2.38. The normalized spacial score (nSPS) is 19.8. The molecule has 0 bridgehead atoms. The number of unbranched alkanes of at least 4 members (excludes halogenated alkanes) is 1. The quantitative estimate of drug-likeness (QED) is 0.225. The van der Waals surface area contributed by atoms with Gasteiger partial charge in [-0.25, -0.2) is 9.89 Å². The summed E-state index contributed by atoms with van der Waals surface area (Å²) in [6, 6.07) is 12.4. The maximum Gasteiger partial charge on any atom is 0.328 e. The zero-order valence-electron chi connectivity index (χ0n) is 25.1. The second-order valence-electron chi connectivity index (χ2n) is 12.0. The lowest BCUT2D eigenvalue weighted by atomic mass is 9.74. The van der Waals surface area contributed by atoms with Gasteiger partial charge in [-0.2, -0.15) is 0 Å². The Morgan fingerprint density at radius 1 is 1.02 bits per heavy atom. The number of aromatic nitrogens is 7. The molecule has 0 amide bonds. The van der Waals surface area contributed by atoms with Gasteiger partial charge in [-0.15, -0.1) is 5.10 Å². The molecule has 0 spiro atoms. The molecule has 1 aliphatic carbocycles. The summed E-state index contributed by atoms with van der Waals surface area (Å²) < 4.78 is 4.14. The summed E-state index contributed by atoms with van der Waals surface area (Å²) in [7, 11) is 0. The summed E-state index contributed by atoms with van der Waals surface area (Å²) in [5, 5.41) is 14.4. The van der Waals surface area contributed by atoms with Crippen molar-refractivity contribution in [2.24, 2.45) is 17.8 Å². The van der Waals surface area contributed by atoms with Gasteiger partial charge in [0.25, 0.3) is 0 Å². The van der Waals surface area contributed by atoms with Crippen LogP contribution in [0.4, 0.5) is 0 Å². The highest BCUT2D eigenvalue weighted by Gasteiger charge is 2.34. The molecule has 1 fully saturated rings. The zero-order chi connectivity index (χ0) is 28.8. The van der Waals surface area contributed by atoms with Crippen molar-refractivity contribution in [1.29, 1.82) is 0 Å². The second-order valence-corrected chi connectivity index (χ2v) is 12.0. The van der Waals surface area contributed by atoms with Crippen molar-refractivity contribution in [3.63, 3.8) is 0 Å². The third kappa shape index (κ3) is 6.36. The first kappa shape index (κ1) is 29.0. The Morgan fingerprint density at radius 3 is 2.51 bits per heavy atom. The summed E-state index contributed by atoms with van der Waals surface area (Å²) in [6.07, 6.45) is 14.5. The maximum atomic E-state index is 14.2. The molecule has 41 heavy (non-hydrogen) atoms. The number of nitrogens with zero attached hydrogens (tertiary/aromatic N) is 6. The number of hydrogen-bond donors (Lipinski definition) is 1. The fourth-order valence-electron chi connectivity index (χ4n) is 6.80. The molecule has 4 aromatic rings. The van der Waals surface area contributed by atoms with E-state index in [2.05, 4.69) is 65.1 Å². The van der Waals surface area contributed by atoms with Crippen molar-refractivity contribution in [3.8, 4) is 22.5 Å². The molecule has 3 heterocycles. The molecule has 3 aromatic heterocycles. The highest BCUT2D eigenvalue weighted by Crippen LogP contribution is 2.41. The molecule has 0 radical (unpaired) electrons. The summed E-state index contributed by atoms with van der Waals surface area (Å²) >= 11 is 0. The predicted molar refractivity (Wildman–Crippen MR) is 163 cm³/mol. The van der Waals surface area contributed by atoms with E-state index in [0.717, 1.165) is 53.8 Å². The molecule has 1 saturated carbocycles. The zero-order valence-corrected chi connectivity index (χ0v) is 25.1. The molecule has 1 aliphatic rings. The van der Waals surface area contributed by atoms with Gasteiger partial charge in [0.05, 0.1) is 12.2 Å². The van der Waals surface area contributed by atoms with Crippen LogP contribution in [-0.2, 0) is 13.0 Å². The molecule has 1 N–H and O–H groups in total. The number of hydrogen-bond acceptors (Lipinski definition) is 5. The van der Waals surface area contributed by atoms with E-state index in [1.165, 1.54) is 32.1 Å². The Morgan fingerprint density at radius 2 is 1.83 bits per heavy atom.